The maximum absolute atomic E-state index is 12.9. The number of aliphatic hydroxyl groups excluding tert-OH is 1. The van der Waals surface area contributed by atoms with E-state index >= 15 is 0 Å². The van der Waals surface area contributed by atoms with Crippen LogP contribution >= 0.6 is 0 Å². The second kappa shape index (κ2) is 6.77. The third-order valence-electron chi connectivity index (χ3n) is 4.44. The van der Waals surface area contributed by atoms with Gasteiger partial charge in [-0.3, -0.25) is 9.69 Å². The van der Waals surface area contributed by atoms with Gasteiger partial charge in [-0.1, -0.05) is 29.8 Å². The van der Waals surface area contributed by atoms with E-state index in [-0.39, 0.29) is 18.6 Å². The normalized spacial score (nSPS) is 19.3. The van der Waals surface area contributed by atoms with Crippen molar-refractivity contribution in [2.45, 2.75) is 31.4 Å². The Bertz CT molecular complexity index is 505. The molecule has 1 saturated heterocycles. The highest BCUT2D eigenvalue weighted by Crippen LogP contribution is 2.26. The Morgan fingerprint density at radius 2 is 1.82 bits per heavy atom. The Hall–Kier alpha value is -1.43. The zero-order chi connectivity index (χ0) is 16.3. The molecular weight excluding hydrogens is 280 g/mol. The molecular formula is C17H26N2O3. The molecule has 2 N–H and O–H groups in total. The highest BCUT2D eigenvalue weighted by molar-refractivity contribution is 5.83. The summed E-state index contributed by atoms with van der Waals surface area (Å²) in [4.78, 5) is 16.6. The highest BCUT2D eigenvalue weighted by atomic mass is 16.3. The molecule has 5 nitrogen and oxygen atoms in total. The number of amides is 1. The maximum Gasteiger partial charge on any atom is 0.244 e. The Balaban J connectivity index is 2.13. The van der Waals surface area contributed by atoms with Crippen LogP contribution in [0.2, 0.25) is 0 Å². The number of hydrogen-bond donors (Lipinski definition) is 2. The van der Waals surface area contributed by atoms with Gasteiger partial charge in [0.05, 0.1) is 12.2 Å². The number of likely N-dealkylation sites (tertiary alicyclic amines) is 1. The fourth-order valence-electron chi connectivity index (χ4n) is 2.88. The molecule has 1 aromatic carbocycles. The molecule has 1 atom stereocenters. The van der Waals surface area contributed by atoms with Crippen LogP contribution in [0.4, 0.5) is 0 Å². The van der Waals surface area contributed by atoms with Crippen LogP contribution in [-0.2, 0) is 4.79 Å². The molecule has 2 rings (SSSR count). The summed E-state index contributed by atoms with van der Waals surface area (Å²) in [7, 11) is 3.80. The van der Waals surface area contributed by atoms with Crippen molar-refractivity contribution in [1.29, 1.82) is 0 Å². The lowest BCUT2D eigenvalue weighted by Gasteiger charge is -2.39. The van der Waals surface area contributed by atoms with E-state index in [1.165, 1.54) is 5.56 Å². The Labute approximate surface area is 132 Å². The van der Waals surface area contributed by atoms with E-state index in [1.807, 2.05) is 50.2 Å². The number of benzene rings is 1. The molecule has 0 saturated carbocycles. The highest BCUT2D eigenvalue weighted by Gasteiger charge is 2.36. The number of likely N-dealkylation sites (N-methyl/N-ethyl adjacent to an activating group) is 1. The summed E-state index contributed by atoms with van der Waals surface area (Å²) >= 11 is 0. The quantitative estimate of drug-likeness (QED) is 0.869. The summed E-state index contributed by atoms with van der Waals surface area (Å²) in [6.45, 7) is 2.74. The van der Waals surface area contributed by atoms with E-state index < -0.39 is 5.60 Å². The molecule has 1 aromatic rings. The van der Waals surface area contributed by atoms with Crippen LogP contribution in [0.5, 0.6) is 0 Å². The fraction of sp³-hybridized carbons (Fsp3) is 0.588. The second-order valence-electron chi connectivity index (χ2n) is 6.48. The van der Waals surface area contributed by atoms with Crippen molar-refractivity contribution in [3.8, 4) is 0 Å². The largest absolute Gasteiger partial charge is 0.393 e. The predicted molar refractivity (Wildman–Crippen MR) is 85.5 cm³/mol. The number of aryl methyl sites for hydroxylation is 1. The van der Waals surface area contributed by atoms with Gasteiger partial charge < -0.3 is 15.1 Å². The molecule has 5 heteroatoms. The minimum Gasteiger partial charge on any atom is -0.393 e. The number of carbonyl (C=O) groups is 1. The summed E-state index contributed by atoms with van der Waals surface area (Å²) in [6.07, 6.45) is 0.840. The van der Waals surface area contributed by atoms with E-state index in [0.717, 1.165) is 5.56 Å². The minimum absolute atomic E-state index is 0.0499. The van der Waals surface area contributed by atoms with Gasteiger partial charge in [0.2, 0.25) is 5.91 Å². The molecule has 1 aliphatic heterocycles. The van der Waals surface area contributed by atoms with Gasteiger partial charge in [0.25, 0.3) is 0 Å². The van der Waals surface area contributed by atoms with Crippen LogP contribution in [0.15, 0.2) is 24.3 Å². The van der Waals surface area contributed by atoms with Gasteiger partial charge >= 0.3 is 0 Å². The smallest absolute Gasteiger partial charge is 0.244 e. The summed E-state index contributed by atoms with van der Waals surface area (Å²) in [5.74, 6) is 0.0499. The van der Waals surface area contributed by atoms with Crippen molar-refractivity contribution in [2.75, 3.05) is 33.8 Å². The number of piperidine rings is 1. The van der Waals surface area contributed by atoms with Gasteiger partial charge in [-0.15, -0.1) is 0 Å². The molecule has 1 amide bonds. The molecule has 1 heterocycles. The molecule has 0 aliphatic carbocycles. The van der Waals surface area contributed by atoms with E-state index in [4.69, 9.17) is 0 Å². The van der Waals surface area contributed by atoms with Gasteiger partial charge in [0.15, 0.2) is 0 Å². The van der Waals surface area contributed by atoms with Gasteiger partial charge in [0, 0.05) is 13.1 Å². The van der Waals surface area contributed by atoms with Gasteiger partial charge in [-0.25, -0.2) is 0 Å². The number of rotatable bonds is 4. The van der Waals surface area contributed by atoms with Crippen LogP contribution in [-0.4, -0.2) is 65.3 Å². The number of hydrogen-bond acceptors (Lipinski definition) is 4. The standard InChI is InChI=1S/C17H26N2O3/c1-13-4-6-14(7-5-13)15(18(2)3)16(21)19-10-8-17(22,12-20)9-11-19/h4-7,15,20,22H,8-12H2,1-3H3/t15-/m1/s1. The summed E-state index contributed by atoms with van der Waals surface area (Å²) in [5.41, 5.74) is 1.11. The topological polar surface area (TPSA) is 64.0 Å². The van der Waals surface area contributed by atoms with E-state index in [9.17, 15) is 15.0 Å². The average molecular weight is 306 g/mol. The van der Waals surface area contributed by atoms with Crippen molar-refractivity contribution in [3.63, 3.8) is 0 Å². The van der Waals surface area contributed by atoms with Crippen LogP contribution < -0.4 is 0 Å². The lowest BCUT2D eigenvalue weighted by atomic mass is 9.91. The Morgan fingerprint density at radius 1 is 1.27 bits per heavy atom. The number of aliphatic hydroxyl groups is 2. The molecule has 1 aliphatic rings. The first-order valence-corrected chi connectivity index (χ1v) is 7.71. The summed E-state index contributed by atoms with van der Waals surface area (Å²) < 4.78 is 0. The monoisotopic (exact) mass is 306 g/mol. The molecule has 22 heavy (non-hydrogen) atoms. The first kappa shape index (κ1) is 16.9. The second-order valence-corrected chi connectivity index (χ2v) is 6.48. The van der Waals surface area contributed by atoms with Crippen molar-refractivity contribution in [2.24, 2.45) is 0 Å². The summed E-state index contributed by atoms with van der Waals surface area (Å²) in [5, 5.41) is 19.3. The predicted octanol–water partition coefficient (Wildman–Crippen LogP) is 0.944. The molecule has 1 fully saturated rings. The third-order valence-corrected chi connectivity index (χ3v) is 4.44. The minimum atomic E-state index is -1.03. The molecule has 0 radical (unpaired) electrons. The zero-order valence-corrected chi connectivity index (χ0v) is 13.6. The third kappa shape index (κ3) is 3.66. The van der Waals surface area contributed by atoms with E-state index in [0.29, 0.717) is 25.9 Å². The summed E-state index contributed by atoms with van der Waals surface area (Å²) in [6, 6.07) is 7.69. The first-order chi connectivity index (χ1) is 10.4. The van der Waals surface area contributed by atoms with Crippen molar-refractivity contribution in [3.05, 3.63) is 35.4 Å². The molecule has 0 aromatic heterocycles. The van der Waals surface area contributed by atoms with Crippen LogP contribution in [0.3, 0.4) is 0 Å². The van der Waals surface area contributed by atoms with Crippen LogP contribution in [0, 0.1) is 6.92 Å². The number of nitrogens with zero attached hydrogens (tertiary/aromatic N) is 2. The molecule has 0 unspecified atom stereocenters. The maximum atomic E-state index is 12.9. The Kier molecular flexibility index (Phi) is 5.21. The molecule has 122 valence electrons. The van der Waals surface area contributed by atoms with Crippen molar-refractivity contribution < 1.29 is 15.0 Å². The number of carbonyl (C=O) groups excluding carboxylic acids is 1. The van der Waals surface area contributed by atoms with Crippen LogP contribution in [0.25, 0.3) is 0 Å². The van der Waals surface area contributed by atoms with Crippen molar-refractivity contribution >= 4 is 5.91 Å². The Morgan fingerprint density at radius 3 is 2.27 bits per heavy atom. The molecule has 0 spiro atoms. The average Bonchev–Trinajstić information content (AvgIpc) is 2.50. The van der Waals surface area contributed by atoms with Gasteiger partial charge in [-0.05, 0) is 39.4 Å². The van der Waals surface area contributed by atoms with Gasteiger partial charge in [-0.2, -0.15) is 0 Å². The zero-order valence-electron chi connectivity index (χ0n) is 13.6. The SMILES string of the molecule is Cc1ccc([C@H](C(=O)N2CCC(O)(CO)CC2)N(C)C)cc1. The fourth-order valence-corrected chi connectivity index (χ4v) is 2.88. The first-order valence-electron chi connectivity index (χ1n) is 7.71. The van der Waals surface area contributed by atoms with Crippen molar-refractivity contribution in [1.82, 2.24) is 9.80 Å². The molecule has 0 bridgehead atoms. The van der Waals surface area contributed by atoms with E-state index in [1.54, 1.807) is 4.90 Å². The lowest BCUT2D eigenvalue weighted by Crippen LogP contribution is -2.51. The van der Waals surface area contributed by atoms with E-state index in [2.05, 4.69) is 0 Å². The lowest BCUT2D eigenvalue weighted by molar-refractivity contribution is -0.142. The van der Waals surface area contributed by atoms with Crippen LogP contribution in [0.1, 0.15) is 30.0 Å². The van der Waals surface area contributed by atoms with Gasteiger partial charge in [0.1, 0.15) is 6.04 Å².